The Morgan fingerprint density at radius 1 is 1.50 bits per heavy atom. The summed E-state index contributed by atoms with van der Waals surface area (Å²) in [6.45, 7) is 2.41. The Labute approximate surface area is 92.1 Å². The van der Waals surface area contributed by atoms with Gasteiger partial charge in [-0.05, 0) is 24.1 Å². The third kappa shape index (κ3) is 2.22. The van der Waals surface area contributed by atoms with Crippen molar-refractivity contribution in [1.82, 2.24) is 25.7 Å². The molecule has 2 aromatic heterocycles. The van der Waals surface area contributed by atoms with Gasteiger partial charge in [-0.3, -0.25) is 9.78 Å². The fourth-order valence-corrected chi connectivity index (χ4v) is 1.26. The SMILES string of the molecule is Cc1ccncc1CNC(=O)c1cn[nH]n1. The van der Waals surface area contributed by atoms with E-state index in [1.165, 1.54) is 6.20 Å². The van der Waals surface area contributed by atoms with Crippen LogP contribution in [0.2, 0.25) is 0 Å². The molecule has 16 heavy (non-hydrogen) atoms. The summed E-state index contributed by atoms with van der Waals surface area (Å²) in [6.07, 6.45) is 4.84. The lowest BCUT2D eigenvalue weighted by Gasteiger charge is -2.05. The molecule has 0 saturated carbocycles. The van der Waals surface area contributed by atoms with Gasteiger partial charge in [0, 0.05) is 18.9 Å². The van der Waals surface area contributed by atoms with Gasteiger partial charge in [-0.25, -0.2) is 0 Å². The molecule has 0 bridgehead atoms. The summed E-state index contributed by atoms with van der Waals surface area (Å²) >= 11 is 0. The van der Waals surface area contributed by atoms with Gasteiger partial charge in [0.1, 0.15) is 0 Å². The topological polar surface area (TPSA) is 83.6 Å². The van der Waals surface area contributed by atoms with E-state index in [1.54, 1.807) is 12.4 Å². The summed E-state index contributed by atoms with van der Waals surface area (Å²) < 4.78 is 0. The molecule has 0 aromatic carbocycles. The van der Waals surface area contributed by atoms with E-state index < -0.39 is 0 Å². The number of pyridine rings is 1. The van der Waals surface area contributed by atoms with E-state index in [9.17, 15) is 4.79 Å². The molecular weight excluding hydrogens is 206 g/mol. The number of amides is 1. The standard InChI is InChI=1S/C10H11N5O/c1-7-2-3-11-4-8(7)5-12-10(16)9-6-13-15-14-9/h2-4,6H,5H2,1H3,(H,12,16)(H,13,14,15). The zero-order chi connectivity index (χ0) is 11.4. The predicted molar refractivity (Wildman–Crippen MR) is 56.5 cm³/mol. The van der Waals surface area contributed by atoms with Crippen LogP contribution in [0.5, 0.6) is 0 Å². The number of aromatic nitrogens is 4. The zero-order valence-electron chi connectivity index (χ0n) is 8.77. The molecule has 0 aliphatic heterocycles. The molecule has 82 valence electrons. The van der Waals surface area contributed by atoms with Gasteiger partial charge in [0.2, 0.25) is 0 Å². The normalized spacial score (nSPS) is 10.1. The molecule has 2 aromatic rings. The Hall–Kier alpha value is -2.24. The highest BCUT2D eigenvalue weighted by Crippen LogP contribution is 2.04. The van der Waals surface area contributed by atoms with Crippen LogP contribution in [0.3, 0.4) is 0 Å². The van der Waals surface area contributed by atoms with Crippen LogP contribution in [-0.4, -0.2) is 26.3 Å². The molecule has 2 N–H and O–H groups in total. The first kappa shape index (κ1) is 10.3. The van der Waals surface area contributed by atoms with Crippen LogP contribution in [0.1, 0.15) is 21.6 Å². The molecule has 2 heterocycles. The van der Waals surface area contributed by atoms with Crippen LogP contribution in [-0.2, 0) is 6.54 Å². The molecule has 0 fully saturated rings. The predicted octanol–water partition coefficient (Wildman–Crippen LogP) is 0.438. The van der Waals surface area contributed by atoms with E-state index in [0.717, 1.165) is 11.1 Å². The van der Waals surface area contributed by atoms with E-state index in [1.807, 2.05) is 13.0 Å². The number of rotatable bonds is 3. The second-order valence-electron chi connectivity index (χ2n) is 3.34. The fraction of sp³-hybridized carbons (Fsp3) is 0.200. The van der Waals surface area contributed by atoms with E-state index in [2.05, 4.69) is 25.7 Å². The van der Waals surface area contributed by atoms with Crippen molar-refractivity contribution in [3.05, 3.63) is 41.5 Å². The van der Waals surface area contributed by atoms with Crippen molar-refractivity contribution >= 4 is 5.91 Å². The number of carbonyl (C=O) groups is 1. The second kappa shape index (κ2) is 4.52. The monoisotopic (exact) mass is 217 g/mol. The number of carbonyl (C=O) groups excluding carboxylic acids is 1. The van der Waals surface area contributed by atoms with Gasteiger partial charge in [-0.2, -0.15) is 15.4 Å². The average molecular weight is 217 g/mol. The van der Waals surface area contributed by atoms with E-state index in [0.29, 0.717) is 6.54 Å². The summed E-state index contributed by atoms with van der Waals surface area (Å²) in [5, 5.41) is 12.4. The van der Waals surface area contributed by atoms with E-state index >= 15 is 0 Å². The molecular formula is C10H11N5O. The first-order chi connectivity index (χ1) is 7.77. The Bertz CT molecular complexity index is 480. The maximum Gasteiger partial charge on any atom is 0.273 e. The molecule has 0 saturated heterocycles. The van der Waals surface area contributed by atoms with Gasteiger partial charge in [0.05, 0.1) is 6.20 Å². The minimum Gasteiger partial charge on any atom is -0.346 e. The molecule has 6 heteroatoms. The lowest BCUT2D eigenvalue weighted by atomic mass is 10.1. The number of nitrogens with zero attached hydrogens (tertiary/aromatic N) is 3. The summed E-state index contributed by atoms with van der Waals surface area (Å²) in [4.78, 5) is 15.5. The highest BCUT2D eigenvalue weighted by molar-refractivity contribution is 5.91. The van der Waals surface area contributed by atoms with Gasteiger partial charge < -0.3 is 5.32 Å². The zero-order valence-corrected chi connectivity index (χ0v) is 8.77. The average Bonchev–Trinajstić information content (AvgIpc) is 2.81. The highest BCUT2D eigenvalue weighted by Gasteiger charge is 2.08. The van der Waals surface area contributed by atoms with Gasteiger partial charge in [0.25, 0.3) is 5.91 Å². The van der Waals surface area contributed by atoms with Crippen LogP contribution < -0.4 is 5.32 Å². The van der Waals surface area contributed by atoms with Crippen molar-refractivity contribution in [1.29, 1.82) is 0 Å². The van der Waals surface area contributed by atoms with Gasteiger partial charge in [0.15, 0.2) is 5.69 Å². The molecule has 0 radical (unpaired) electrons. The molecule has 0 spiro atoms. The van der Waals surface area contributed by atoms with Crippen molar-refractivity contribution in [2.75, 3.05) is 0 Å². The lowest BCUT2D eigenvalue weighted by molar-refractivity contribution is 0.0946. The maximum atomic E-state index is 11.5. The van der Waals surface area contributed by atoms with E-state index in [-0.39, 0.29) is 11.6 Å². The number of hydrogen-bond acceptors (Lipinski definition) is 4. The second-order valence-corrected chi connectivity index (χ2v) is 3.34. The molecule has 2 rings (SSSR count). The van der Waals surface area contributed by atoms with Crippen LogP contribution in [0.4, 0.5) is 0 Å². The first-order valence-corrected chi connectivity index (χ1v) is 4.81. The minimum absolute atomic E-state index is 0.253. The van der Waals surface area contributed by atoms with Crippen LogP contribution >= 0.6 is 0 Å². The quantitative estimate of drug-likeness (QED) is 0.781. The molecule has 0 unspecified atom stereocenters. The number of aromatic amines is 1. The molecule has 1 amide bonds. The van der Waals surface area contributed by atoms with Crippen molar-refractivity contribution in [3.63, 3.8) is 0 Å². The third-order valence-electron chi connectivity index (χ3n) is 2.23. The molecule has 0 aliphatic carbocycles. The van der Waals surface area contributed by atoms with Crippen LogP contribution in [0, 0.1) is 6.92 Å². The van der Waals surface area contributed by atoms with Gasteiger partial charge in [-0.15, -0.1) is 0 Å². The van der Waals surface area contributed by atoms with Crippen molar-refractivity contribution in [2.24, 2.45) is 0 Å². The molecule has 6 nitrogen and oxygen atoms in total. The van der Waals surface area contributed by atoms with Crippen molar-refractivity contribution in [3.8, 4) is 0 Å². The Morgan fingerprint density at radius 2 is 2.38 bits per heavy atom. The van der Waals surface area contributed by atoms with Crippen LogP contribution in [0.15, 0.2) is 24.7 Å². The molecule has 0 aliphatic rings. The highest BCUT2D eigenvalue weighted by atomic mass is 16.1. The van der Waals surface area contributed by atoms with E-state index in [4.69, 9.17) is 0 Å². The number of hydrogen-bond donors (Lipinski definition) is 2. The number of nitrogens with one attached hydrogen (secondary N) is 2. The summed E-state index contributed by atoms with van der Waals surface area (Å²) in [5.41, 5.74) is 2.36. The van der Waals surface area contributed by atoms with Gasteiger partial charge >= 0.3 is 0 Å². The third-order valence-corrected chi connectivity index (χ3v) is 2.23. The smallest absolute Gasteiger partial charge is 0.273 e. The fourth-order valence-electron chi connectivity index (χ4n) is 1.26. The first-order valence-electron chi connectivity index (χ1n) is 4.81. The summed E-state index contributed by atoms with van der Waals surface area (Å²) in [6, 6.07) is 1.90. The summed E-state index contributed by atoms with van der Waals surface area (Å²) in [7, 11) is 0. The number of H-pyrrole nitrogens is 1. The van der Waals surface area contributed by atoms with Gasteiger partial charge in [-0.1, -0.05) is 0 Å². The minimum atomic E-state index is -0.253. The maximum absolute atomic E-state index is 11.5. The Morgan fingerprint density at radius 3 is 3.06 bits per heavy atom. The Balaban J connectivity index is 1.98. The van der Waals surface area contributed by atoms with Crippen molar-refractivity contribution < 1.29 is 4.79 Å². The van der Waals surface area contributed by atoms with Crippen molar-refractivity contribution in [2.45, 2.75) is 13.5 Å². The lowest BCUT2D eigenvalue weighted by Crippen LogP contribution is -2.23. The molecule has 0 atom stereocenters. The number of aryl methyl sites for hydroxylation is 1. The summed E-state index contributed by atoms with van der Waals surface area (Å²) in [5.74, 6) is -0.253. The Kier molecular flexibility index (Phi) is 2.90. The largest absolute Gasteiger partial charge is 0.346 e. The van der Waals surface area contributed by atoms with Crippen LogP contribution in [0.25, 0.3) is 0 Å².